The molecule has 4 aromatic rings. The lowest BCUT2D eigenvalue weighted by Gasteiger charge is -2.35. The quantitative estimate of drug-likeness (QED) is 0.361. The maximum atomic E-state index is 13.8. The van der Waals surface area contributed by atoms with Gasteiger partial charge >= 0.3 is 6.18 Å². The van der Waals surface area contributed by atoms with Gasteiger partial charge in [-0.1, -0.05) is 17.7 Å². The van der Waals surface area contributed by atoms with E-state index in [9.17, 15) is 22.4 Å². The number of alkyl halides is 3. The molecule has 1 aliphatic heterocycles. The van der Waals surface area contributed by atoms with Crippen molar-refractivity contribution in [3.63, 3.8) is 0 Å². The number of imidazole rings is 1. The Morgan fingerprint density at radius 2 is 1.82 bits per heavy atom. The second-order valence-electron chi connectivity index (χ2n) is 7.86. The average molecular weight is 493 g/mol. The number of pyridine rings is 1. The molecule has 0 spiro atoms. The van der Waals surface area contributed by atoms with Crippen molar-refractivity contribution in [2.24, 2.45) is 0 Å². The van der Waals surface area contributed by atoms with Gasteiger partial charge in [0, 0.05) is 49.2 Å². The number of hydrogen-bond donors (Lipinski definition) is 0. The number of carbonyl (C=O) groups excluding carboxylic acids is 1. The zero-order valence-corrected chi connectivity index (χ0v) is 18.3. The summed E-state index contributed by atoms with van der Waals surface area (Å²) in [6.07, 6.45) is -0.660. The first kappa shape index (κ1) is 22.3. The highest BCUT2D eigenvalue weighted by molar-refractivity contribution is 6.33. The number of piperazine rings is 1. The van der Waals surface area contributed by atoms with E-state index in [0.29, 0.717) is 24.3 Å². The molecule has 1 amide bonds. The molecule has 1 aromatic carbocycles. The van der Waals surface area contributed by atoms with Crippen molar-refractivity contribution in [1.82, 2.24) is 14.3 Å². The minimum atomic E-state index is -4.72. The molecule has 0 radical (unpaired) electrons. The number of amides is 1. The summed E-state index contributed by atoms with van der Waals surface area (Å²) in [4.78, 5) is 20.6. The van der Waals surface area contributed by atoms with Gasteiger partial charge in [0.1, 0.15) is 11.0 Å². The van der Waals surface area contributed by atoms with Crippen molar-refractivity contribution in [2.75, 3.05) is 31.1 Å². The van der Waals surface area contributed by atoms with Crippen molar-refractivity contribution in [3.8, 4) is 11.1 Å². The third kappa shape index (κ3) is 3.98. The summed E-state index contributed by atoms with van der Waals surface area (Å²) in [5.74, 6) is -0.923. The number of halogens is 5. The standard InChI is InChI=1S/C23H17ClF4N4O2/c24-20-19(22(33)31-7-5-30(6-8-31)17-3-1-2-16(25)11-17)29-21-18(23(26,27)28)10-15(12-32(20)21)14-4-9-34-13-14/h1-4,9-13H,5-8H2. The van der Waals surface area contributed by atoms with Crippen LogP contribution in [0.4, 0.5) is 23.2 Å². The molecule has 1 saturated heterocycles. The van der Waals surface area contributed by atoms with Crippen LogP contribution < -0.4 is 4.90 Å². The van der Waals surface area contributed by atoms with Gasteiger partial charge in [-0.3, -0.25) is 9.20 Å². The number of hydrogen-bond acceptors (Lipinski definition) is 4. The highest BCUT2D eigenvalue weighted by atomic mass is 35.5. The van der Waals surface area contributed by atoms with Crippen molar-refractivity contribution in [2.45, 2.75) is 6.18 Å². The molecule has 4 heterocycles. The van der Waals surface area contributed by atoms with E-state index in [1.54, 1.807) is 12.1 Å². The van der Waals surface area contributed by atoms with E-state index in [0.717, 1.165) is 10.5 Å². The van der Waals surface area contributed by atoms with Crippen molar-refractivity contribution < 1.29 is 26.8 Å². The summed E-state index contributed by atoms with van der Waals surface area (Å²) in [6, 6.07) is 8.62. The summed E-state index contributed by atoms with van der Waals surface area (Å²) in [5.41, 5.74) is -0.376. The van der Waals surface area contributed by atoms with Crippen LogP contribution in [0.1, 0.15) is 16.1 Å². The third-order valence-electron chi connectivity index (χ3n) is 5.76. The van der Waals surface area contributed by atoms with Gasteiger partial charge in [-0.25, -0.2) is 9.37 Å². The maximum absolute atomic E-state index is 13.8. The Hall–Kier alpha value is -3.53. The minimum Gasteiger partial charge on any atom is -0.472 e. The molecule has 0 saturated carbocycles. The van der Waals surface area contributed by atoms with Crippen molar-refractivity contribution in [3.05, 3.63) is 77.3 Å². The van der Waals surface area contributed by atoms with Crippen LogP contribution >= 0.6 is 11.6 Å². The molecule has 0 bridgehead atoms. The molecule has 3 aromatic heterocycles. The first-order valence-electron chi connectivity index (χ1n) is 10.3. The predicted octanol–water partition coefficient (Wildman–Crippen LogP) is 5.37. The summed E-state index contributed by atoms with van der Waals surface area (Å²) in [7, 11) is 0. The fourth-order valence-electron chi connectivity index (χ4n) is 4.04. The molecule has 176 valence electrons. The fraction of sp³-hybridized carbons (Fsp3) is 0.217. The Bertz CT molecular complexity index is 1360. The topological polar surface area (TPSA) is 54.0 Å². The summed E-state index contributed by atoms with van der Waals surface area (Å²) < 4.78 is 61.0. The Balaban J connectivity index is 1.46. The molecule has 34 heavy (non-hydrogen) atoms. The summed E-state index contributed by atoms with van der Waals surface area (Å²) >= 11 is 6.38. The number of anilines is 1. The molecule has 5 rings (SSSR count). The second-order valence-corrected chi connectivity index (χ2v) is 8.21. The van der Waals surface area contributed by atoms with E-state index in [-0.39, 0.29) is 35.3 Å². The second kappa shape index (κ2) is 8.35. The van der Waals surface area contributed by atoms with Crippen LogP contribution in [0.3, 0.4) is 0 Å². The summed E-state index contributed by atoms with van der Waals surface area (Å²) in [6.45, 7) is 1.43. The van der Waals surface area contributed by atoms with Gasteiger partial charge in [0.25, 0.3) is 5.91 Å². The number of benzene rings is 1. The van der Waals surface area contributed by atoms with Gasteiger partial charge in [0.15, 0.2) is 11.3 Å². The van der Waals surface area contributed by atoms with E-state index < -0.39 is 23.3 Å². The van der Waals surface area contributed by atoms with Gasteiger partial charge < -0.3 is 14.2 Å². The highest BCUT2D eigenvalue weighted by Crippen LogP contribution is 2.37. The molecule has 0 N–H and O–H groups in total. The van der Waals surface area contributed by atoms with Crippen molar-refractivity contribution in [1.29, 1.82) is 0 Å². The largest absolute Gasteiger partial charge is 0.472 e. The van der Waals surface area contributed by atoms with Crippen LogP contribution in [-0.2, 0) is 6.18 Å². The molecular weight excluding hydrogens is 476 g/mol. The normalized spacial score (nSPS) is 14.7. The first-order chi connectivity index (χ1) is 16.2. The third-order valence-corrected chi connectivity index (χ3v) is 6.13. The number of fused-ring (bicyclic) bond motifs is 1. The molecule has 0 aliphatic carbocycles. The van der Waals surface area contributed by atoms with Gasteiger partial charge in [0.2, 0.25) is 0 Å². The first-order valence-corrected chi connectivity index (χ1v) is 10.7. The van der Waals surface area contributed by atoms with E-state index in [2.05, 4.69) is 4.98 Å². The number of rotatable bonds is 3. The number of furan rings is 1. The zero-order valence-electron chi connectivity index (χ0n) is 17.5. The van der Waals surface area contributed by atoms with Crippen LogP contribution in [0.5, 0.6) is 0 Å². The Morgan fingerprint density at radius 1 is 1.06 bits per heavy atom. The number of carbonyl (C=O) groups is 1. The average Bonchev–Trinajstić information content (AvgIpc) is 3.46. The van der Waals surface area contributed by atoms with Crippen molar-refractivity contribution >= 4 is 28.8 Å². The molecule has 6 nitrogen and oxygen atoms in total. The van der Waals surface area contributed by atoms with Crippen LogP contribution in [0, 0.1) is 5.82 Å². The molecule has 0 unspecified atom stereocenters. The van der Waals surface area contributed by atoms with E-state index >= 15 is 0 Å². The maximum Gasteiger partial charge on any atom is 0.420 e. The van der Waals surface area contributed by atoms with Gasteiger partial charge in [0.05, 0.1) is 18.1 Å². The van der Waals surface area contributed by atoms with Crippen LogP contribution in [-0.4, -0.2) is 46.4 Å². The minimum absolute atomic E-state index is 0.205. The van der Waals surface area contributed by atoms with E-state index in [1.165, 1.54) is 41.8 Å². The molecule has 1 aliphatic rings. The SMILES string of the molecule is O=C(c1nc2c(C(F)(F)F)cc(-c3ccoc3)cn2c1Cl)N1CCN(c2cccc(F)c2)CC1. The Kier molecular flexibility index (Phi) is 5.47. The molecular formula is C23H17ClF4N4O2. The summed E-state index contributed by atoms with van der Waals surface area (Å²) in [5, 5.41) is -0.205. The lowest BCUT2D eigenvalue weighted by Crippen LogP contribution is -2.49. The predicted molar refractivity (Wildman–Crippen MR) is 117 cm³/mol. The number of aromatic nitrogens is 2. The monoisotopic (exact) mass is 492 g/mol. The van der Waals surface area contributed by atoms with E-state index in [4.69, 9.17) is 16.0 Å². The molecule has 0 atom stereocenters. The smallest absolute Gasteiger partial charge is 0.420 e. The zero-order chi connectivity index (χ0) is 24.0. The Morgan fingerprint density at radius 3 is 2.47 bits per heavy atom. The van der Waals surface area contributed by atoms with Crippen LogP contribution in [0.25, 0.3) is 16.8 Å². The molecule has 11 heteroatoms. The van der Waals surface area contributed by atoms with Gasteiger partial charge in [-0.15, -0.1) is 0 Å². The van der Waals surface area contributed by atoms with Gasteiger partial charge in [-0.05, 0) is 30.3 Å². The van der Waals surface area contributed by atoms with Crippen LogP contribution in [0.15, 0.2) is 59.5 Å². The highest BCUT2D eigenvalue weighted by Gasteiger charge is 2.37. The van der Waals surface area contributed by atoms with Gasteiger partial charge in [-0.2, -0.15) is 13.2 Å². The molecule has 1 fully saturated rings. The van der Waals surface area contributed by atoms with Crippen LogP contribution in [0.2, 0.25) is 5.15 Å². The fourth-order valence-corrected chi connectivity index (χ4v) is 4.29. The van der Waals surface area contributed by atoms with E-state index in [1.807, 2.05) is 4.90 Å². The number of nitrogens with zero attached hydrogens (tertiary/aromatic N) is 4. The lowest BCUT2D eigenvalue weighted by atomic mass is 10.1. The lowest BCUT2D eigenvalue weighted by molar-refractivity contribution is -0.136. The Labute approximate surface area is 196 Å².